The van der Waals surface area contributed by atoms with E-state index in [1.807, 2.05) is 12.1 Å². The Morgan fingerprint density at radius 1 is 1.16 bits per heavy atom. The first kappa shape index (κ1) is 28.3. The van der Waals surface area contributed by atoms with Gasteiger partial charge in [0.2, 0.25) is 0 Å². The van der Waals surface area contributed by atoms with Crippen molar-refractivity contribution in [1.82, 2.24) is 14.9 Å². The molecule has 0 radical (unpaired) electrons. The lowest BCUT2D eigenvalue weighted by Gasteiger charge is -2.45. The molecule has 3 saturated heterocycles. The highest BCUT2D eigenvalue weighted by Gasteiger charge is 2.50. The van der Waals surface area contributed by atoms with Gasteiger partial charge in [-0.05, 0) is 68.5 Å². The van der Waals surface area contributed by atoms with Crippen molar-refractivity contribution >= 4 is 11.5 Å². The van der Waals surface area contributed by atoms with Gasteiger partial charge < -0.3 is 20.1 Å². The molecule has 1 aliphatic carbocycles. The molecule has 1 spiro atoms. The van der Waals surface area contributed by atoms with E-state index in [4.69, 9.17) is 25.2 Å². The summed E-state index contributed by atoms with van der Waals surface area (Å²) in [4.78, 5) is 14.5. The molecule has 5 atom stereocenters. The van der Waals surface area contributed by atoms with Gasteiger partial charge in [0.15, 0.2) is 0 Å². The summed E-state index contributed by atoms with van der Waals surface area (Å²) in [6.45, 7) is 5.83. The van der Waals surface area contributed by atoms with Crippen molar-refractivity contribution in [3.8, 4) is 18.1 Å². The van der Waals surface area contributed by atoms with Crippen LogP contribution in [0.2, 0.25) is 0 Å². The van der Waals surface area contributed by atoms with Gasteiger partial charge in [-0.1, -0.05) is 13.0 Å². The summed E-state index contributed by atoms with van der Waals surface area (Å²) in [5.41, 5.74) is 10.1. The molecule has 4 aliphatic heterocycles. The molecule has 7 rings (SSSR count). The van der Waals surface area contributed by atoms with Crippen molar-refractivity contribution in [2.24, 2.45) is 5.92 Å². The lowest BCUT2D eigenvalue weighted by Crippen LogP contribution is -2.44. The minimum Gasteiger partial charge on any atom is -0.461 e. The molecule has 5 heterocycles. The van der Waals surface area contributed by atoms with Gasteiger partial charge in [0, 0.05) is 55.7 Å². The van der Waals surface area contributed by atoms with Gasteiger partial charge in [-0.15, -0.1) is 0 Å². The number of nitrogens with zero attached hydrogens (tertiary/aromatic N) is 6. The number of nitrogens with two attached hydrogens (primary N) is 1. The first-order chi connectivity index (χ1) is 20.8. The smallest absolute Gasteiger partial charge is 0.318 e. The normalized spacial score (nSPS) is 31.6. The quantitative estimate of drug-likeness (QED) is 0.489. The molecule has 1 aromatic carbocycles. The molecular weight excluding hydrogens is 545 g/mol. The second-order valence-corrected chi connectivity index (χ2v) is 13.4. The molecule has 43 heavy (non-hydrogen) atoms. The molecule has 226 valence electrons. The highest BCUT2D eigenvalue weighted by Crippen LogP contribution is 2.51. The zero-order valence-corrected chi connectivity index (χ0v) is 24.9. The van der Waals surface area contributed by atoms with Crippen LogP contribution in [0.1, 0.15) is 92.2 Å². The average molecular weight is 586 g/mol. The molecule has 3 fully saturated rings. The molecule has 1 aromatic heterocycles. The number of hydrogen-bond donors (Lipinski definition) is 1. The van der Waals surface area contributed by atoms with Crippen LogP contribution in [-0.4, -0.2) is 59.4 Å². The lowest BCUT2D eigenvalue weighted by molar-refractivity contribution is -0.0873. The Balaban J connectivity index is 1.27. The third-order valence-corrected chi connectivity index (χ3v) is 10.8. The van der Waals surface area contributed by atoms with E-state index >= 15 is 0 Å². The van der Waals surface area contributed by atoms with Crippen molar-refractivity contribution in [2.45, 2.75) is 94.5 Å². The Morgan fingerprint density at radius 3 is 2.88 bits per heavy atom. The van der Waals surface area contributed by atoms with Gasteiger partial charge in [0.05, 0.1) is 29.5 Å². The number of piperidine rings is 1. The number of alkyl halides is 1. The highest BCUT2D eigenvalue weighted by molar-refractivity contribution is 5.64. The Morgan fingerprint density at radius 2 is 2.05 bits per heavy atom. The number of ether oxygens (including phenoxy) is 2. The Labute approximate surface area is 252 Å². The summed E-state index contributed by atoms with van der Waals surface area (Å²) in [5.74, 6) is 1.39. The van der Waals surface area contributed by atoms with E-state index in [0.717, 1.165) is 86.4 Å². The molecule has 5 unspecified atom stereocenters. The highest BCUT2D eigenvalue weighted by atomic mass is 19.1. The fourth-order valence-electron chi connectivity index (χ4n) is 8.56. The Hall–Kier alpha value is -3.47. The Bertz CT molecular complexity index is 1500. The van der Waals surface area contributed by atoms with E-state index in [2.05, 4.69) is 28.9 Å². The predicted molar refractivity (Wildman–Crippen MR) is 159 cm³/mol. The fourth-order valence-corrected chi connectivity index (χ4v) is 8.56. The number of hydrogen-bond acceptors (Lipinski definition) is 9. The minimum atomic E-state index is -0.832. The standard InChI is InChI=1S/C33H40FN7O2/c1-21-7-10-33(29-24(21)5-6-27(37)25(29)16-36)15-28-26(19-43-33)30(40-12-2-4-22(17-40)8-11-35)39-31(38-28)42-20-32-9-3-13-41(32)18-23(34)14-32/h5-6,21-23H,2-4,7-10,12-15,17-20,37H2,1H3. The third-order valence-electron chi connectivity index (χ3n) is 10.8. The first-order valence-corrected chi connectivity index (χ1v) is 15.9. The van der Waals surface area contributed by atoms with Gasteiger partial charge in [-0.25, -0.2) is 4.39 Å². The second kappa shape index (κ2) is 10.9. The van der Waals surface area contributed by atoms with Gasteiger partial charge in [0.1, 0.15) is 30.3 Å². The van der Waals surface area contributed by atoms with Gasteiger partial charge in [0.25, 0.3) is 0 Å². The maximum atomic E-state index is 14.5. The minimum absolute atomic E-state index is 0.281. The van der Waals surface area contributed by atoms with Crippen LogP contribution in [0.15, 0.2) is 12.1 Å². The van der Waals surface area contributed by atoms with Crippen molar-refractivity contribution < 1.29 is 13.9 Å². The van der Waals surface area contributed by atoms with Crippen LogP contribution in [0.4, 0.5) is 15.9 Å². The number of nitriles is 2. The number of fused-ring (bicyclic) bond motifs is 4. The molecule has 2 N–H and O–H groups in total. The number of aromatic nitrogens is 2. The van der Waals surface area contributed by atoms with Crippen molar-refractivity contribution in [3.63, 3.8) is 0 Å². The van der Waals surface area contributed by atoms with Gasteiger partial charge in [-0.2, -0.15) is 20.5 Å². The van der Waals surface area contributed by atoms with Crippen LogP contribution >= 0.6 is 0 Å². The average Bonchev–Trinajstić information content (AvgIpc) is 3.53. The number of nitrogen functional groups attached to an aromatic ring is 1. The maximum Gasteiger partial charge on any atom is 0.318 e. The van der Waals surface area contributed by atoms with Crippen LogP contribution in [-0.2, 0) is 23.4 Å². The van der Waals surface area contributed by atoms with Crippen LogP contribution in [0.25, 0.3) is 0 Å². The molecule has 5 aliphatic rings. The monoisotopic (exact) mass is 585 g/mol. The van der Waals surface area contributed by atoms with Crippen molar-refractivity contribution in [1.29, 1.82) is 10.5 Å². The van der Waals surface area contributed by atoms with Gasteiger partial charge in [-0.3, -0.25) is 4.90 Å². The van der Waals surface area contributed by atoms with Crippen LogP contribution < -0.4 is 15.4 Å². The number of rotatable bonds is 5. The van der Waals surface area contributed by atoms with Crippen molar-refractivity contribution in [2.75, 3.05) is 43.4 Å². The van der Waals surface area contributed by atoms with E-state index < -0.39 is 11.8 Å². The molecular formula is C33H40FN7O2. The summed E-state index contributed by atoms with van der Waals surface area (Å²) in [6, 6.07) is 8.91. The molecule has 9 nitrogen and oxygen atoms in total. The molecule has 0 bridgehead atoms. The molecule has 10 heteroatoms. The summed E-state index contributed by atoms with van der Waals surface area (Å²) < 4.78 is 27.7. The third kappa shape index (κ3) is 4.80. The summed E-state index contributed by atoms with van der Waals surface area (Å²) in [5, 5.41) is 19.6. The van der Waals surface area contributed by atoms with E-state index in [1.165, 1.54) is 0 Å². The summed E-state index contributed by atoms with van der Waals surface area (Å²) >= 11 is 0. The van der Waals surface area contributed by atoms with E-state index in [-0.39, 0.29) is 11.5 Å². The van der Waals surface area contributed by atoms with Crippen molar-refractivity contribution in [3.05, 3.63) is 40.1 Å². The number of benzene rings is 1. The molecule has 2 aromatic rings. The van der Waals surface area contributed by atoms with Crippen LogP contribution in [0, 0.1) is 28.6 Å². The topological polar surface area (TPSA) is 124 Å². The SMILES string of the molecule is CC1CCC2(Cc3nc(OCC45CCCN4CC(F)C5)nc(N4CCCC(CC#N)C4)c3CO2)c2c1ccc(N)c2C#N. The predicted octanol–water partition coefficient (Wildman–Crippen LogP) is 4.88. The second-order valence-electron chi connectivity index (χ2n) is 13.4. The molecule has 0 saturated carbocycles. The van der Waals surface area contributed by atoms with Crippen LogP contribution in [0.3, 0.4) is 0 Å². The van der Waals surface area contributed by atoms with E-state index in [0.29, 0.717) is 62.2 Å². The van der Waals surface area contributed by atoms with Crippen LogP contribution in [0.5, 0.6) is 6.01 Å². The number of anilines is 2. The lowest BCUT2D eigenvalue weighted by atomic mass is 9.69. The largest absolute Gasteiger partial charge is 0.461 e. The van der Waals surface area contributed by atoms with E-state index in [1.54, 1.807) is 0 Å². The fraction of sp³-hybridized carbons (Fsp3) is 0.636. The number of halogens is 1. The zero-order valence-electron chi connectivity index (χ0n) is 24.9. The first-order valence-electron chi connectivity index (χ1n) is 15.9. The van der Waals surface area contributed by atoms with E-state index in [9.17, 15) is 14.9 Å². The summed E-state index contributed by atoms with van der Waals surface area (Å²) in [6.07, 6.45) is 6.32. The molecule has 0 amide bonds. The maximum absolute atomic E-state index is 14.5. The summed E-state index contributed by atoms with van der Waals surface area (Å²) in [7, 11) is 0. The Kier molecular flexibility index (Phi) is 7.18. The van der Waals surface area contributed by atoms with Gasteiger partial charge >= 0.3 is 6.01 Å². The zero-order chi connectivity index (χ0) is 29.8.